The lowest BCUT2D eigenvalue weighted by atomic mass is 10.1. The number of ether oxygens (including phenoxy) is 1. The summed E-state index contributed by atoms with van der Waals surface area (Å²) in [6.45, 7) is 2.23. The van der Waals surface area contributed by atoms with Gasteiger partial charge in [-0.1, -0.05) is 66.7 Å². The molecule has 2 aromatic carbocycles. The first-order valence-electron chi connectivity index (χ1n) is 7.83. The Kier molecular flexibility index (Phi) is 6.77. The lowest BCUT2D eigenvalue weighted by molar-refractivity contribution is -0.116. The molecule has 124 valence electrons. The van der Waals surface area contributed by atoms with Crippen LogP contribution in [0, 0.1) is 0 Å². The van der Waals surface area contributed by atoms with Crippen molar-refractivity contribution in [2.75, 3.05) is 6.54 Å². The minimum Gasteiger partial charge on any atom is -0.445 e. The molecule has 0 radical (unpaired) electrons. The molecule has 1 N–H and O–H groups in total. The number of amides is 1. The molecular weight excluding hydrogens is 302 g/mol. The zero-order valence-electron chi connectivity index (χ0n) is 13.7. The minimum absolute atomic E-state index is 0.150. The van der Waals surface area contributed by atoms with Crippen LogP contribution in [-0.2, 0) is 22.6 Å². The number of ketones is 1. The molecule has 0 aromatic heterocycles. The molecule has 24 heavy (non-hydrogen) atoms. The van der Waals surface area contributed by atoms with E-state index in [2.05, 4.69) is 5.32 Å². The van der Waals surface area contributed by atoms with Crippen LogP contribution in [0.25, 0.3) is 6.08 Å². The number of benzene rings is 2. The summed E-state index contributed by atoms with van der Waals surface area (Å²) in [7, 11) is 0. The minimum atomic E-state index is -0.444. The van der Waals surface area contributed by atoms with E-state index in [0.717, 1.165) is 16.7 Å². The predicted molar refractivity (Wildman–Crippen MR) is 94.5 cm³/mol. The van der Waals surface area contributed by atoms with Gasteiger partial charge in [-0.2, -0.15) is 0 Å². The average Bonchev–Trinajstić information content (AvgIpc) is 2.59. The second-order valence-electron chi connectivity index (χ2n) is 5.47. The lowest BCUT2D eigenvalue weighted by Crippen LogP contribution is -2.24. The number of Topliss-reactive ketones (excluding diaryl/α,β-unsaturated/α-hetero) is 1. The van der Waals surface area contributed by atoms with Gasteiger partial charge in [-0.15, -0.1) is 0 Å². The normalized spacial score (nSPS) is 10.5. The van der Waals surface area contributed by atoms with Gasteiger partial charge in [-0.25, -0.2) is 4.79 Å². The number of hydrogen-bond acceptors (Lipinski definition) is 3. The lowest BCUT2D eigenvalue weighted by Gasteiger charge is -2.05. The fourth-order valence-electron chi connectivity index (χ4n) is 2.15. The average molecular weight is 323 g/mol. The van der Waals surface area contributed by atoms with Crippen molar-refractivity contribution in [3.05, 3.63) is 77.4 Å². The number of carbonyl (C=O) groups is 2. The van der Waals surface area contributed by atoms with Crippen molar-refractivity contribution < 1.29 is 14.3 Å². The monoisotopic (exact) mass is 323 g/mol. The van der Waals surface area contributed by atoms with Crippen LogP contribution >= 0.6 is 0 Å². The fourth-order valence-corrected chi connectivity index (χ4v) is 2.15. The second kappa shape index (κ2) is 9.30. The summed E-state index contributed by atoms with van der Waals surface area (Å²) >= 11 is 0. The highest BCUT2D eigenvalue weighted by molar-refractivity contribution is 5.78. The first-order chi connectivity index (χ1) is 11.6. The molecular formula is C20H21NO3. The Balaban J connectivity index is 1.70. The third-order valence-corrected chi connectivity index (χ3v) is 3.32. The van der Waals surface area contributed by atoms with Crippen molar-refractivity contribution in [1.29, 1.82) is 0 Å². The van der Waals surface area contributed by atoms with Gasteiger partial charge in [0.2, 0.25) is 0 Å². The highest BCUT2D eigenvalue weighted by atomic mass is 16.5. The molecule has 0 heterocycles. The molecule has 2 rings (SSSR count). The summed E-state index contributed by atoms with van der Waals surface area (Å²) in [6.07, 6.45) is 3.78. The van der Waals surface area contributed by atoms with Gasteiger partial charge < -0.3 is 10.1 Å². The van der Waals surface area contributed by atoms with Gasteiger partial charge in [0.1, 0.15) is 12.4 Å². The molecule has 1 amide bonds. The van der Waals surface area contributed by atoms with E-state index in [1.54, 1.807) is 6.92 Å². The molecule has 0 aliphatic carbocycles. The molecule has 0 aliphatic heterocycles. The zero-order chi connectivity index (χ0) is 17.2. The summed E-state index contributed by atoms with van der Waals surface area (Å²) in [5, 5.41) is 2.67. The van der Waals surface area contributed by atoms with E-state index in [-0.39, 0.29) is 12.4 Å². The SMILES string of the molecule is CC(=O)Cc1ccc(C=CCNC(=O)OCc2ccccc2)cc1. The van der Waals surface area contributed by atoms with Gasteiger partial charge in [0, 0.05) is 13.0 Å². The van der Waals surface area contributed by atoms with E-state index < -0.39 is 6.09 Å². The molecule has 0 saturated carbocycles. The Bertz CT molecular complexity index is 691. The number of alkyl carbamates (subject to hydrolysis) is 1. The van der Waals surface area contributed by atoms with E-state index >= 15 is 0 Å². The highest BCUT2D eigenvalue weighted by Gasteiger charge is 2.00. The zero-order valence-corrected chi connectivity index (χ0v) is 13.7. The van der Waals surface area contributed by atoms with E-state index in [9.17, 15) is 9.59 Å². The van der Waals surface area contributed by atoms with Gasteiger partial charge >= 0.3 is 6.09 Å². The smallest absolute Gasteiger partial charge is 0.407 e. The molecule has 4 nitrogen and oxygen atoms in total. The molecule has 0 unspecified atom stereocenters. The van der Waals surface area contributed by atoms with Crippen molar-refractivity contribution in [3.63, 3.8) is 0 Å². The Morgan fingerprint density at radius 3 is 2.38 bits per heavy atom. The molecule has 4 heteroatoms. The standard InChI is InChI=1S/C20H21NO3/c1-16(22)14-18-11-9-17(10-12-18)8-5-13-21-20(23)24-15-19-6-3-2-4-7-19/h2-12H,13-15H2,1H3,(H,21,23). The van der Waals surface area contributed by atoms with Gasteiger partial charge in [-0.05, 0) is 23.6 Å². The number of carbonyl (C=O) groups excluding carboxylic acids is 2. The van der Waals surface area contributed by atoms with Crippen LogP contribution in [0.5, 0.6) is 0 Å². The summed E-state index contributed by atoms with van der Waals surface area (Å²) in [4.78, 5) is 22.6. The maximum absolute atomic E-state index is 11.6. The van der Waals surface area contributed by atoms with Crippen LogP contribution in [0.1, 0.15) is 23.6 Å². The Labute approximate surface area is 142 Å². The van der Waals surface area contributed by atoms with Crippen LogP contribution in [0.4, 0.5) is 4.79 Å². The largest absolute Gasteiger partial charge is 0.445 e. The molecule has 0 atom stereocenters. The van der Waals surface area contributed by atoms with E-state index in [0.29, 0.717) is 13.0 Å². The number of nitrogens with one attached hydrogen (secondary N) is 1. The molecule has 0 saturated heterocycles. The summed E-state index contributed by atoms with van der Waals surface area (Å²) in [6, 6.07) is 17.3. The fraction of sp³-hybridized carbons (Fsp3) is 0.200. The van der Waals surface area contributed by atoms with Crippen molar-refractivity contribution in [2.45, 2.75) is 20.0 Å². The third kappa shape index (κ3) is 6.48. The van der Waals surface area contributed by atoms with Gasteiger partial charge in [0.25, 0.3) is 0 Å². The first-order valence-corrected chi connectivity index (χ1v) is 7.83. The second-order valence-corrected chi connectivity index (χ2v) is 5.47. The quantitative estimate of drug-likeness (QED) is 0.844. The van der Waals surface area contributed by atoms with E-state index in [4.69, 9.17) is 4.74 Å². The van der Waals surface area contributed by atoms with E-state index in [1.165, 1.54) is 0 Å². The van der Waals surface area contributed by atoms with Crippen molar-refractivity contribution >= 4 is 18.0 Å². The maximum Gasteiger partial charge on any atom is 0.407 e. The van der Waals surface area contributed by atoms with E-state index in [1.807, 2.05) is 66.7 Å². The van der Waals surface area contributed by atoms with Crippen molar-refractivity contribution in [2.24, 2.45) is 0 Å². The van der Waals surface area contributed by atoms with Crippen LogP contribution in [0.2, 0.25) is 0 Å². The Hall–Kier alpha value is -2.88. The number of rotatable bonds is 7. The Morgan fingerprint density at radius 1 is 1.00 bits per heavy atom. The number of hydrogen-bond donors (Lipinski definition) is 1. The molecule has 0 spiro atoms. The maximum atomic E-state index is 11.6. The van der Waals surface area contributed by atoms with Crippen molar-refractivity contribution in [1.82, 2.24) is 5.32 Å². The first kappa shape index (κ1) is 17.5. The summed E-state index contributed by atoms with van der Waals surface area (Å²) in [5.41, 5.74) is 2.97. The summed E-state index contributed by atoms with van der Waals surface area (Å²) in [5.74, 6) is 0.150. The Morgan fingerprint density at radius 2 is 1.71 bits per heavy atom. The molecule has 0 aliphatic rings. The van der Waals surface area contributed by atoms with Gasteiger partial charge in [0.05, 0.1) is 0 Å². The predicted octanol–water partition coefficient (Wildman–Crippen LogP) is 3.76. The highest BCUT2D eigenvalue weighted by Crippen LogP contribution is 2.07. The van der Waals surface area contributed by atoms with Crippen LogP contribution < -0.4 is 5.32 Å². The van der Waals surface area contributed by atoms with Gasteiger partial charge in [0.15, 0.2) is 0 Å². The third-order valence-electron chi connectivity index (χ3n) is 3.32. The summed E-state index contributed by atoms with van der Waals surface area (Å²) < 4.78 is 5.12. The van der Waals surface area contributed by atoms with Crippen LogP contribution in [0.15, 0.2) is 60.7 Å². The molecule has 0 fully saturated rings. The van der Waals surface area contributed by atoms with Gasteiger partial charge in [-0.3, -0.25) is 4.79 Å². The topological polar surface area (TPSA) is 55.4 Å². The molecule has 2 aromatic rings. The van der Waals surface area contributed by atoms with Crippen LogP contribution in [0.3, 0.4) is 0 Å². The molecule has 0 bridgehead atoms. The van der Waals surface area contributed by atoms with Crippen LogP contribution in [-0.4, -0.2) is 18.4 Å². The van der Waals surface area contributed by atoms with Crippen molar-refractivity contribution in [3.8, 4) is 0 Å².